The van der Waals surface area contributed by atoms with Gasteiger partial charge in [0.25, 0.3) is 0 Å². The summed E-state index contributed by atoms with van der Waals surface area (Å²) in [7, 11) is 0. The number of nitrogens with two attached hydrogens (primary N) is 1. The summed E-state index contributed by atoms with van der Waals surface area (Å²) in [5.41, 5.74) is 5.45. The first-order chi connectivity index (χ1) is 17.9. The number of esters is 2. The van der Waals surface area contributed by atoms with Crippen molar-refractivity contribution in [2.75, 3.05) is 13.2 Å². The number of nitrogens with zero attached hydrogens (tertiary/aromatic N) is 1. The third-order valence-corrected chi connectivity index (χ3v) is 4.89. The minimum Gasteiger partial charge on any atom is -0.442 e. The number of ether oxygens (including phenoxy) is 3. The molecule has 2 N–H and O–H groups in total. The summed E-state index contributed by atoms with van der Waals surface area (Å²) in [6.07, 6.45) is -1.45. The third kappa shape index (κ3) is 8.05. The Hall–Kier alpha value is -4.42. The monoisotopic (exact) mass is 526 g/mol. The molecule has 38 heavy (non-hydrogen) atoms. The van der Waals surface area contributed by atoms with Crippen molar-refractivity contribution in [3.8, 4) is 11.5 Å². The maximum atomic E-state index is 13.6. The Morgan fingerprint density at radius 2 is 1.53 bits per heavy atom. The number of ketones is 2. The quantitative estimate of drug-likeness (QED) is 0.147. The first-order valence-electron chi connectivity index (χ1n) is 11.4. The molecule has 0 fully saturated rings. The van der Waals surface area contributed by atoms with Gasteiger partial charge in [-0.1, -0.05) is 30.3 Å². The van der Waals surface area contributed by atoms with E-state index in [1.54, 1.807) is 51.1 Å². The summed E-state index contributed by atoms with van der Waals surface area (Å²) in [4.78, 5) is 75.5. The van der Waals surface area contributed by atoms with E-state index in [0.29, 0.717) is 5.56 Å². The molecule has 1 atom stereocenters. The molecule has 0 radical (unpaired) electrons. The van der Waals surface area contributed by atoms with Gasteiger partial charge in [-0.05, 0) is 39.0 Å². The van der Waals surface area contributed by atoms with Crippen LogP contribution in [-0.4, -0.2) is 54.2 Å². The van der Waals surface area contributed by atoms with Crippen LogP contribution >= 0.6 is 0 Å². The highest BCUT2D eigenvalue weighted by Gasteiger charge is 2.30. The molecular weight excluding hydrogens is 500 g/mol. The number of Topliss-reactive ketones (excluding diaryl/α,β-unsaturated/α-hetero) is 2. The molecule has 1 unspecified atom stereocenters. The molecular formula is C26H26N2O10. The van der Waals surface area contributed by atoms with Gasteiger partial charge < -0.3 is 19.9 Å². The summed E-state index contributed by atoms with van der Waals surface area (Å²) >= 11 is 0. The summed E-state index contributed by atoms with van der Waals surface area (Å²) in [5, 5.41) is 0. The van der Waals surface area contributed by atoms with Gasteiger partial charge in [-0.15, -0.1) is 0 Å². The Morgan fingerprint density at radius 1 is 0.921 bits per heavy atom. The van der Waals surface area contributed by atoms with Crippen molar-refractivity contribution in [1.82, 2.24) is 0 Å². The zero-order valence-electron chi connectivity index (χ0n) is 20.9. The fourth-order valence-electron chi connectivity index (χ4n) is 3.24. The number of benzene rings is 2. The molecule has 2 aromatic rings. The maximum Gasteiger partial charge on any atom is 0.435 e. The van der Waals surface area contributed by atoms with Gasteiger partial charge in [0.05, 0.1) is 5.92 Å². The van der Waals surface area contributed by atoms with E-state index in [9.17, 15) is 24.0 Å². The Kier molecular flexibility index (Phi) is 9.05. The van der Waals surface area contributed by atoms with Crippen LogP contribution in [0.1, 0.15) is 47.9 Å². The average Bonchev–Trinajstić information content (AvgIpc) is 2.84. The van der Waals surface area contributed by atoms with Gasteiger partial charge in [-0.3, -0.25) is 9.59 Å². The van der Waals surface area contributed by atoms with Gasteiger partial charge in [-0.25, -0.2) is 24.2 Å². The van der Waals surface area contributed by atoms with Crippen molar-refractivity contribution < 1.29 is 48.0 Å². The standard InChI is InChI=1S/C26H26N2O10/c1-26(2,3)38-25(33)28-24(27)17(12-18(29)15-7-5-4-6-8-15)23(32)16-9-10-19-20(11-16)37-22(31)14-35-34-13-21(30)36-19/h4-11,17H,12-14H2,1-3H3,(H2,27,28,33). The lowest BCUT2D eigenvalue weighted by atomic mass is 9.89. The molecule has 1 aliphatic heterocycles. The minimum absolute atomic E-state index is 0.0602. The molecule has 0 spiro atoms. The first kappa shape index (κ1) is 28.2. The normalized spacial score (nSPS) is 15.4. The van der Waals surface area contributed by atoms with Gasteiger partial charge in [-0.2, -0.15) is 4.99 Å². The van der Waals surface area contributed by atoms with Crippen molar-refractivity contribution >= 4 is 35.4 Å². The van der Waals surface area contributed by atoms with E-state index in [1.165, 1.54) is 12.1 Å². The zero-order chi connectivity index (χ0) is 27.9. The summed E-state index contributed by atoms with van der Waals surface area (Å²) in [6, 6.07) is 11.8. The highest BCUT2D eigenvalue weighted by Crippen LogP contribution is 2.31. The molecule has 12 heteroatoms. The van der Waals surface area contributed by atoms with Crippen LogP contribution in [0.3, 0.4) is 0 Å². The lowest BCUT2D eigenvalue weighted by Gasteiger charge is -2.19. The lowest BCUT2D eigenvalue weighted by Crippen LogP contribution is -2.34. The molecule has 0 bridgehead atoms. The number of carbonyl (C=O) groups excluding carboxylic acids is 5. The molecule has 3 rings (SSSR count). The van der Waals surface area contributed by atoms with Crippen molar-refractivity contribution in [3.63, 3.8) is 0 Å². The number of carbonyl (C=O) groups is 5. The number of hydrogen-bond donors (Lipinski definition) is 1. The number of fused-ring (bicyclic) bond motifs is 1. The van der Waals surface area contributed by atoms with Crippen molar-refractivity contribution in [1.29, 1.82) is 0 Å². The van der Waals surface area contributed by atoms with Gasteiger partial charge >= 0.3 is 18.0 Å². The molecule has 1 heterocycles. The summed E-state index contributed by atoms with van der Waals surface area (Å²) in [5.74, 6) is -5.10. The predicted octanol–water partition coefficient (Wildman–Crippen LogP) is 2.82. The largest absolute Gasteiger partial charge is 0.442 e. The van der Waals surface area contributed by atoms with E-state index in [2.05, 4.69) is 14.8 Å². The van der Waals surface area contributed by atoms with Crippen LogP contribution in [-0.2, 0) is 24.1 Å². The Bertz CT molecular complexity index is 1260. The van der Waals surface area contributed by atoms with Gasteiger partial charge in [0.15, 0.2) is 36.3 Å². The summed E-state index contributed by atoms with van der Waals surface area (Å²) in [6.45, 7) is 3.67. The third-order valence-electron chi connectivity index (χ3n) is 4.89. The lowest BCUT2D eigenvalue weighted by molar-refractivity contribution is -0.289. The average molecular weight is 526 g/mol. The van der Waals surface area contributed by atoms with Crippen LogP contribution in [0.15, 0.2) is 53.5 Å². The number of aliphatic imine (C=N–C) groups is 1. The van der Waals surface area contributed by atoms with Gasteiger partial charge in [0, 0.05) is 17.5 Å². The van der Waals surface area contributed by atoms with Crippen LogP contribution in [0.25, 0.3) is 0 Å². The smallest absolute Gasteiger partial charge is 0.435 e. The minimum atomic E-state index is -1.37. The Balaban J connectivity index is 1.97. The summed E-state index contributed by atoms with van der Waals surface area (Å²) < 4.78 is 15.4. The predicted molar refractivity (Wildman–Crippen MR) is 131 cm³/mol. The molecule has 0 aliphatic carbocycles. The van der Waals surface area contributed by atoms with E-state index in [1.807, 2.05) is 0 Å². The van der Waals surface area contributed by atoms with Gasteiger partial charge in [0.2, 0.25) is 0 Å². The van der Waals surface area contributed by atoms with Crippen molar-refractivity contribution in [3.05, 3.63) is 59.7 Å². The first-order valence-corrected chi connectivity index (χ1v) is 11.4. The highest BCUT2D eigenvalue weighted by molar-refractivity contribution is 6.16. The topological polar surface area (TPSA) is 170 Å². The highest BCUT2D eigenvalue weighted by atomic mass is 17.2. The van der Waals surface area contributed by atoms with E-state index >= 15 is 0 Å². The maximum absolute atomic E-state index is 13.6. The fraction of sp³-hybridized carbons (Fsp3) is 0.308. The number of hydrogen-bond acceptors (Lipinski definition) is 10. The number of rotatable bonds is 6. The van der Waals surface area contributed by atoms with Crippen molar-refractivity contribution in [2.24, 2.45) is 16.6 Å². The van der Waals surface area contributed by atoms with E-state index in [0.717, 1.165) is 6.07 Å². The molecule has 0 saturated heterocycles. The zero-order valence-corrected chi connectivity index (χ0v) is 20.9. The second kappa shape index (κ2) is 12.2. The SMILES string of the molecule is CC(C)(C)OC(=O)N=C(N)C(CC(=O)c1ccccc1)C(=O)c1ccc2c(c1)OC(=O)COOCC(=O)O2. The van der Waals surface area contributed by atoms with E-state index < -0.39 is 66.6 Å². The molecule has 1 aliphatic rings. The van der Waals surface area contributed by atoms with Crippen LogP contribution in [0.5, 0.6) is 11.5 Å². The molecule has 0 saturated carbocycles. The molecule has 0 aromatic heterocycles. The van der Waals surface area contributed by atoms with Crippen LogP contribution in [0, 0.1) is 5.92 Å². The number of amides is 1. The Labute approximate surface area is 217 Å². The van der Waals surface area contributed by atoms with Gasteiger partial charge in [0.1, 0.15) is 11.4 Å². The second-order valence-corrected chi connectivity index (χ2v) is 9.06. The second-order valence-electron chi connectivity index (χ2n) is 9.06. The van der Waals surface area contributed by atoms with E-state index in [-0.39, 0.29) is 17.1 Å². The molecule has 1 amide bonds. The molecule has 2 aromatic carbocycles. The van der Waals surface area contributed by atoms with Crippen molar-refractivity contribution in [2.45, 2.75) is 32.8 Å². The fourth-order valence-corrected chi connectivity index (χ4v) is 3.24. The van der Waals surface area contributed by atoms with Crippen LogP contribution < -0.4 is 15.2 Å². The molecule has 12 nitrogen and oxygen atoms in total. The Morgan fingerprint density at radius 3 is 2.13 bits per heavy atom. The number of amidine groups is 1. The van der Waals surface area contributed by atoms with Crippen LogP contribution in [0.4, 0.5) is 4.79 Å². The van der Waals surface area contributed by atoms with E-state index in [4.69, 9.17) is 19.9 Å². The van der Waals surface area contributed by atoms with Crippen LogP contribution in [0.2, 0.25) is 0 Å². The molecule has 200 valence electrons.